The summed E-state index contributed by atoms with van der Waals surface area (Å²) in [6.07, 6.45) is 1.50. The minimum atomic E-state index is -0.146. The molecule has 0 bridgehead atoms. The zero-order valence-corrected chi connectivity index (χ0v) is 16.2. The number of nitriles is 1. The maximum absolute atomic E-state index is 12.4. The number of amides is 1. The molecule has 4 aromatic rings. The Kier molecular flexibility index (Phi) is 5.18. The Morgan fingerprint density at radius 2 is 1.83 bits per heavy atom. The number of nitrogens with zero attached hydrogens (tertiary/aromatic N) is 3. The summed E-state index contributed by atoms with van der Waals surface area (Å²) in [6, 6.07) is 21.0. The van der Waals surface area contributed by atoms with Crippen LogP contribution in [-0.2, 0) is 6.54 Å². The molecule has 0 atom stereocenters. The normalized spacial score (nSPS) is 10.6. The molecule has 0 spiro atoms. The van der Waals surface area contributed by atoms with E-state index in [9.17, 15) is 10.1 Å². The van der Waals surface area contributed by atoms with Crippen LogP contribution in [-0.4, -0.2) is 27.0 Å². The fraction of sp³-hybridized carbons (Fsp3) is 0.0909. The molecule has 0 fully saturated rings. The van der Waals surface area contributed by atoms with E-state index in [4.69, 9.17) is 12.2 Å². The van der Waals surface area contributed by atoms with E-state index in [1.807, 2.05) is 53.1 Å². The third-order valence-electron chi connectivity index (χ3n) is 4.66. The van der Waals surface area contributed by atoms with E-state index in [-0.39, 0.29) is 5.91 Å². The van der Waals surface area contributed by atoms with Gasteiger partial charge >= 0.3 is 0 Å². The molecule has 0 aliphatic rings. The van der Waals surface area contributed by atoms with Crippen LogP contribution in [0, 0.1) is 16.0 Å². The molecule has 142 valence electrons. The van der Waals surface area contributed by atoms with E-state index in [0.717, 1.165) is 11.3 Å². The number of carbonyl (C=O) groups excluding carboxylic acids is 1. The lowest BCUT2D eigenvalue weighted by molar-refractivity contribution is 0.0952. The summed E-state index contributed by atoms with van der Waals surface area (Å²) in [5.74, 6) is -0.146. The van der Waals surface area contributed by atoms with Crippen molar-refractivity contribution in [1.29, 1.82) is 5.26 Å². The third-order valence-corrected chi connectivity index (χ3v) is 4.97. The van der Waals surface area contributed by atoms with Gasteiger partial charge in [-0.2, -0.15) is 5.26 Å². The van der Waals surface area contributed by atoms with Crippen LogP contribution in [0.15, 0.2) is 67.0 Å². The summed E-state index contributed by atoms with van der Waals surface area (Å²) in [6.45, 7) is 0.829. The van der Waals surface area contributed by atoms with Gasteiger partial charge in [0.05, 0.1) is 12.0 Å². The molecule has 2 aromatic heterocycles. The maximum Gasteiger partial charge on any atom is 0.251 e. The highest BCUT2D eigenvalue weighted by molar-refractivity contribution is 7.71. The minimum absolute atomic E-state index is 0.146. The Labute approximate surface area is 172 Å². The van der Waals surface area contributed by atoms with Crippen molar-refractivity contribution in [1.82, 2.24) is 19.9 Å². The summed E-state index contributed by atoms with van der Waals surface area (Å²) >= 11 is 5.48. The minimum Gasteiger partial charge on any atom is -0.350 e. The van der Waals surface area contributed by atoms with Crippen molar-refractivity contribution in [2.75, 3.05) is 6.54 Å². The Balaban J connectivity index is 1.74. The zero-order valence-electron chi connectivity index (χ0n) is 15.4. The molecule has 0 radical (unpaired) electrons. The summed E-state index contributed by atoms with van der Waals surface area (Å²) in [7, 11) is 0. The van der Waals surface area contributed by atoms with E-state index < -0.39 is 0 Å². The number of aromatic nitrogens is 3. The Morgan fingerprint density at radius 1 is 1.14 bits per heavy atom. The molecule has 2 N–H and O–H groups in total. The van der Waals surface area contributed by atoms with E-state index in [2.05, 4.69) is 21.4 Å². The van der Waals surface area contributed by atoms with Gasteiger partial charge in [-0.15, -0.1) is 0 Å². The number of H-pyrrole nitrogens is 1. The number of hydrogen-bond acceptors (Lipinski definition) is 4. The first kappa shape index (κ1) is 18.6. The lowest BCUT2D eigenvalue weighted by Crippen LogP contribution is -2.27. The lowest BCUT2D eigenvalue weighted by atomic mass is 10.1. The molecule has 29 heavy (non-hydrogen) atoms. The second-order valence-corrected chi connectivity index (χ2v) is 6.81. The van der Waals surface area contributed by atoms with Crippen LogP contribution < -0.4 is 5.32 Å². The van der Waals surface area contributed by atoms with Gasteiger partial charge in [-0.1, -0.05) is 60.7 Å². The summed E-state index contributed by atoms with van der Waals surface area (Å²) in [4.78, 5) is 19.7. The number of fused-ring (bicyclic) bond motifs is 1. The zero-order chi connectivity index (χ0) is 20.2. The first-order valence-corrected chi connectivity index (χ1v) is 9.50. The molecule has 0 unspecified atom stereocenters. The van der Waals surface area contributed by atoms with Gasteiger partial charge in [0.15, 0.2) is 0 Å². The van der Waals surface area contributed by atoms with Crippen LogP contribution in [0.2, 0.25) is 0 Å². The Hall–Kier alpha value is -3.76. The number of aromatic amines is 1. The largest absolute Gasteiger partial charge is 0.350 e. The van der Waals surface area contributed by atoms with Crippen LogP contribution in [0.3, 0.4) is 0 Å². The van der Waals surface area contributed by atoms with Crippen molar-refractivity contribution in [3.05, 3.63) is 82.8 Å². The number of hydrogen-bond donors (Lipinski definition) is 2. The summed E-state index contributed by atoms with van der Waals surface area (Å²) in [5.41, 5.74) is 3.96. The van der Waals surface area contributed by atoms with Crippen molar-refractivity contribution < 1.29 is 4.79 Å². The topological polar surface area (TPSA) is 86.5 Å². The van der Waals surface area contributed by atoms with Gasteiger partial charge in [-0.25, -0.2) is 4.98 Å². The van der Waals surface area contributed by atoms with Crippen LogP contribution in [0.4, 0.5) is 0 Å². The fourth-order valence-electron chi connectivity index (χ4n) is 3.38. The third kappa shape index (κ3) is 3.53. The first-order valence-electron chi connectivity index (χ1n) is 9.09. The van der Waals surface area contributed by atoms with Crippen LogP contribution in [0.5, 0.6) is 0 Å². The standard InChI is InChI=1S/C22H17N5OS/c23-13-17-18-20(22(29)26-14-25-18)27(19(17)15-7-3-1-4-8-15)12-11-24-21(28)16-9-5-2-6-10-16/h1-10,14H,11-12H2,(H,24,28)(H,25,26,29). The molecule has 0 aliphatic carbocycles. The first-order chi connectivity index (χ1) is 14.2. The molecule has 4 rings (SSSR count). The second kappa shape index (κ2) is 8.09. The van der Waals surface area contributed by atoms with Crippen LogP contribution in [0.1, 0.15) is 15.9 Å². The van der Waals surface area contributed by atoms with Gasteiger partial charge in [-0.3, -0.25) is 4.79 Å². The summed E-state index contributed by atoms with van der Waals surface area (Å²) < 4.78 is 2.46. The monoisotopic (exact) mass is 399 g/mol. The summed E-state index contributed by atoms with van der Waals surface area (Å²) in [5, 5.41) is 12.8. The van der Waals surface area contributed by atoms with Gasteiger partial charge in [0.2, 0.25) is 0 Å². The number of nitrogens with one attached hydrogen (secondary N) is 2. The van der Waals surface area contributed by atoms with Crippen LogP contribution in [0.25, 0.3) is 22.3 Å². The lowest BCUT2D eigenvalue weighted by Gasteiger charge is -2.12. The number of benzene rings is 2. The molecule has 1 amide bonds. The van der Waals surface area contributed by atoms with E-state index in [0.29, 0.717) is 39.9 Å². The highest BCUT2D eigenvalue weighted by Gasteiger charge is 2.20. The molecule has 0 saturated carbocycles. The van der Waals surface area contributed by atoms with Crippen molar-refractivity contribution >= 4 is 29.2 Å². The van der Waals surface area contributed by atoms with E-state index in [1.54, 1.807) is 12.1 Å². The van der Waals surface area contributed by atoms with Crippen LogP contribution >= 0.6 is 12.2 Å². The Bertz CT molecular complexity index is 1270. The molecule has 2 heterocycles. The van der Waals surface area contributed by atoms with Gasteiger partial charge in [-0.05, 0) is 17.7 Å². The maximum atomic E-state index is 12.4. The van der Waals surface area contributed by atoms with E-state index in [1.165, 1.54) is 6.33 Å². The average molecular weight is 399 g/mol. The van der Waals surface area contributed by atoms with E-state index >= 15 is 0 Å². The van der Waals surface area contributed by atoms with Gasteiger partial charge in [0, 0.05) is 18.7 Å². The fourth-order valence-corrected chi connectivity index (χ4v) is 3.64. The second-order valence-electron chi connectivity index (χ2n) is 6.40. The number of rotatable bonds is 5. The molecular formula is C22H17N5OS. The van der Waals surface area contributed by atoms with Gasteiger partial charge in [0.25, 0.3) is 5.91 Å². The average Bonchev–Trinajstić information content (AvgIpc) is 3.09. The Morgan fingerprint density at radius 3 is 2.52 bits per heavy atom. The number of carbonyl (C=O) groups is 1. The predicted molar refractivity (Wildman–Crippen MR) is 114 cm³/mol. The molecule has 7 heteroatoms. The molecule has 0 saturated heterocycles. The molecule has 0 aliphatic heterocycles. The van der Waals surface area contributed by atoms with Crippen molar-refractivity contribution in [2.45, 2.75) is 6.54 Å². The van der Waals surface area contributed by atoms with Gasteiger partial charge < -0.3 is 14.9 Å². The quantitative estimate of drug-likeness (QED) is 0.496. The smallest absolute Gasteiger partial charge is 0.251 e. The predicted octanol–water partition coefficient (Wildman–Crippen LogP) is 4.06. The van der Waals surface area contributed by atoms with Gasteiger partial charge in [0.1, 0.15) is 27.3 Å². The molecule has 2 aromatic carbocycles. The van der Waals surface area contributed by atoms with Crippen molar-refractivity contribution in [2.24, 2.45) is 0 Å². The highest BCUT2D eigenvalue weighted by Crippen LogP contribution is 2.32. The highest BCUT2D eigenvalue weighted by atomic mass is 32.1. The SMILES string of the molecule is N#Cc1c(-c2ccccc2)n(CCNC(=O)c2ccccc2)c2c(=S)[nH]cnc12. The molecular weight excluding hydrogens is 382 g/mol. The van der Waals surface area contributed by atoms with Crippen molar-refractivity contribution in [3.8, 4) is 17.3 Å². The molecule has 6 nitrogen and oxygen atoms in total. The van der Waals surface area contributed by atoms with Crippen molar-refractivity contribution in [3.63, 3.8) is 0 Å².